The van der Waals surface area contributed by atoms with Gasteiger partial charge in [-0.1, -0.05) is 158 Å². The second-order valence-electron chi connectivity index (χ2n) is 17.7. The number of hydrogen-bond donors (Lipinski definition) is 0. The Morgan fingerprint density at radius 3 is 1.51 bits per heavy atom. The lowest BCUT2D eigenvalue weighted by atomic mass is 9.98. The van der Waals surface area contributed by atoms with Crippen LogP contribution in [0.4, 0.5) is 17.1 Å². The lowest BCUT2D eigenvalue weighted by Crippen LogP contribution is -2.12. The number of anilines is 3. The van der Waals surface area contributed by atoms with Gasteiger partial charge >= 0.3 is 0 Å². The van der Waals surface area contributed by atoms with E-state index in [0.717, 1.165) is 67.1 Å². The van der Waals surface area contributed by atoms with Crippen molar-refractivity contribution < 1.29 is 4.42 Å². The highest BCUT2D eigenvalue weighted by Gasteiger charge is 2.21. The molecule has 318 valence electrons. The average molecular weight is 868 g/mol. The molecule has 14 aromatic rings. The second-order valence-corrected chi connectivity index (χ2v) is 17.7. The van der Waals surface area contributed by atoms with E-state index in [9.17, 15) is 0 Å². The van der Waals surface area contributed by atoms with E-state index >= 15 is 0 Å². The van der Waals surface area contributed by atoms with Gasteiger partial charge in [-0.05, 0) is 113 Å². The van der Waals surface area contributed by atoms with Crippen LogP contribution in [0.1, 0.15) is 0 Å². The molecule has 0 saturated heterocycles. The average Bonchev–Trinajstić information content (AvgIpc) is 4.06. The Bertz CT molecular complexity index is 4180. The fraction of sp³-hybridized carbons (Fsp3) is 0. The van der Waals surface area contributed by atoms with Crippen LogP contribution in [0.2, 0.25) is 0 Å². The molecule has 0 unspecified atom stereocenters. The zero-order chi connectivity index (χ0) is 44.7. The van der Waals surface area contributed by atoms with Crippen molar-refractivity contribution in [2.24, 2.45) is 0 Å². The number of fused-ring (bicyclic) bond motifs is 10. The van der Waals surface area contributed by atoms with Crippen LogP contribution in [-0.2, 0) is 0 Å². The quantitative estimate of drug-likeness (QED) is 0.160. The van der Waals surface area contributed by atoms with E-state index in [1.165, 1.54) is 59.9 Å². The number of hydrogen-bond acceptors (Lipinski definition) is 2. The van der Waals surface area contributed by atoms with Crippen LogP contribution < -0.4 is 4.90 Å². The largest absolute Gasteiger partial charge is 0.456 e. The first kappa shape index (κ1) is 38.2. The van der Waals surface area contributed by atoms with Crippen molar-refractivity contribution in [2.75, 3.05) is 4.90 Å². The van der Waals surface area contributed by atoms with E-state index in [0.29, 0.717) is 0 Å². The first-order chi connectivity index (χ1) is 33.7. The summed E-state index contributed by atoms with van der Waals surface area (Å²) in [6.45, 7) is 0. The lowest BCUT2D eigenvalue weighted by Gasteiger charge is -2.28. The standard InChI is InChI=1S/C64H41N3O/c1-2-17-44-40-64-56(38-43(44)16-1)55-39-45(34-37-63(55)68-64)50-21-4-9-26-57(50)65(47-18-15-19-48(41-47)66-59-28-11-5-22-51(59)52-23-6-12-29-60(52)66)46-35-32-42(33-36-46)49-20-3-10-27-58(49)67-61-30-13-7-24-53(61)54-25-8-14-31-62(54)67/h1-41H. The Labute approximate surface area is 392 Å². The molecule has 0 atom stereocenters. The number of aromatic nitrogens is 2. The molecule has 68 heavy (non-hydrogen) atoms. The van der Waals surface area contributed by atoms with Gasteiger partial charge in [0.25, 0.3) is 0 Å². The highest BCUT2D eigenvalue weighted by molar-refractivity contribution is 6.13. The molecule has 0 radical (unpaired) electrons. The van der Waals surface area contributed by atoms with E-state index in [4.69, 9.17) is 4.42 Å². The van der Waals surface area contributed by atoms with Crippen molar-refractivity contribution in [3.05, 3.63) is 249 Å². The summed E-state index contributed by atoms with van der Waals surface area (Å²) in [6.07, 6.45) is 0. The molecule has 0 aliphatic carbocycles. The second kappa shape index (κ2) is 15.2. The molecule has 0 fully saturated rings. The van der Waals surface area contributed by atoms with Gasteiger partial charge in [0.15, 0.2) is 0 Å². The predicted molar refractivity (Wildman–Crippen MR) is 285 cm³/mol. The minimum atomic E-state index is 0.879. The van der Waals surface area contributed by atoms with Crippen LogP contribution in [-0.4, -0.2) is 9.13 Å². The summed E-state index contributed by atoms with van der Waals surface area (Å²) in [6, 6.07) is 90.1. The first-order valence-electron chi connectivity index (χ1n) is 23.2. The van der Waals surface area contributed by atoms with E-state index < -0.39 is 0 Å². The van der Waals surface area contributed by atoms with E-state index in [1.807, 2.05) is 0 Å². The molecule has 3 aromatic heterocycles. The summed E-state index contributed by atoms with van der Waals surface area (Å²) < 4.78 is 11.3. The third-order valence-corrected chi connectivity index (χ3v) is 13.9. The van der Waals surface area contributed by atoms with E-state index in [2.05, 4.69) is 263 Å². The summed E-state index contributed by atoms with van der Waals surface area (Å²) in [5.41, 5.74) is 16.5. The van der Waals surface area contributed by atoms with Crippen molar-refractivity contribution in [1.29, 1.82) is 0 Å². The minimum Gasteiger partial charge on any atom is -0.456 e. The number of nitrogens with zero attached hydrogens (tertiary/aromatic N) is 3. The van der Waals surface area contributed by atoms with Gasteiger partial charge in [-0.2, -0.15) is 0 Å². The smallest absolute Gasteiger partial charge is 0.136 e. The molecule has 0 spiro atoms. The maximum Gasteiger partial charge on any atom is 0.136 e. The number of furan rings is 1. The molecule has 0 saturated carbocycles. The topological polar surface area (TPSA) is 26.2 Å². The van der Waals surface area contributed by atoms with Gasteiger partial charge in [-0.15, -0.1) is 0 Å². The molecule has 0 bridgehead atoms. The first-order valence-corrected chi connectivity index (χ1v) is 23.2. The molecule has 0 aliphatic rings. The minimum absolute atomic E-state index is 0.879. The van der Waals surface area contributed by atoms with E-state index in [1.54, 1.807) is 0 Å². The molecule has 14 rings (SSSR count). The molecule has 11 aromatic carbocycles. The number of benzene rings is 11. The Morgan fingerprint density at radius 2 is 0.838 bits per heavy atom. The van der Waals surface area contributed by atoms with Crippen molar-refractivity contribution >= 4 is 93.4 Å². The summed E-state index contributed by atoms with van der Waals surface area (Å²) >= 11 is 0. The van der Waals surface area contributed by atoms with Crippen molar-refractivity contribution in [1.82, 2.24) is 9.13 Å². The Hall–Kier alpha value is -9.12. The van der Waals surface area contributed by atoms with Gasteiger partial charge in [0.2, 0.25) is 0 Å². The highest BCUT2D eigenvalue weighted by Crippen LogP contribution is 2.45. The molecular weight excluding hydrogens is 827 g/mol. The lowest BCUT2D eigenvalue weighted by molar-refractivity contribution is 0.669. The van der Waals surface area contributed by atoms with Crippen LogP contribution in [0.15, 0.2) is 253 Å². The molecular formula is C64H41N3O. The van der Waals surface area contributed by atoms with Crippen LogP contribution in [0.5, 0.6) is 0 Å². The van der Waals surface area contributed by atoms with Gasteiger partial charge in [-0.25, -0.2) is 0 Å². The van der Waals surface area contributed by atoms with Crippen LogP contribution in [0.3, 0.4) is 0 Å². The zero-order valence-corrected chi connectivity index (χ0v) is 36.9. The Balaban J connectivity index is 0.951. The van der Waals surface area contributed by atoms with Crippen molar-refractivity contribution in [3.8, 4) is 33.6 Å². The summed E-state index contributed by atoms with van der Waals surface area (Å²) in [7, 11) is 0. The normalized spacial score (nSPS) is 11.8. The monoisotopic (exact) mass is 867 g/mol. The van der Waals surface area contributed by atoms with Gasteiger partial charge in [-0.3, -0.25) is 0 Å². The summed E-state index contributed by atoms with van der Waals surface area (Å²) in [4.78, 5) is 2.42. The zero-order valence-electron chi connectivity index (χ0n) is 36.9. The fourth-order valence-electron chi connectivity index (χ4n) is 10.8. The van der Waals surface area contributed by atoms with Gasteiger partial charge in [0.1, 0.15) is 11.2 Å². The molecule has 0 N–H and O–H groups in total. The van der Waals surface area contributed by atoms with Gasteiger partial charge in [0.05, 0.1) is 33.4 Å². The molecule has 4 nitrogen and oxygen atoms in total. The summed E-state index contributed by atoms with van der Waals surface area (Å²) in [5, 5.41) is 9.56. The maximum absolute atomic E-state index is 6.48. The van der Waals surface area contributed by atoms with Crippen LogP contribution in [0, 0.1) is 0 Å². The van der Waals surface area contributed by atoms with Crippen LogP contribution in [0.25, 0.3) is 110 Å². The SMILES string of the molecule is c1cc(N(c2ccc(-c3ccccc3-n3c4ccccc4c4ccccc43)cc2)c2ccccc2-c2ccc3oc4cc5ccccc5cc4c3c2)cc(-n2c3ccccc3c3ccccc32)c1. The predicted octanol–water partition coefficient (Wildman–Crippen LogP) is 17.7. The third-order valence-electron chi connectivity index (χ3n) is 13.9. The molecule has 0 amide bonds. The van der Waals surface area contributed by atoms with Crippen molar-refractivity contribution in [2.45, 2.75) is 0 Å². The van der Waals surface area contributed by atoms with Crippen LogP contribution >= 0.6 is 0 Å². The number of rotatable bonds is 7. The Morgan fingerprint density at radius 1 is 0.309 bits per heavy atom. The third kappa shape index (κ3) is 5.94. The van der Waals surface area contributed by atoms with Crippen molar-refractivity contribution in [3.63, 3.8) is 0 Å². The van der Waals surface area contributed by atoms with Gasteiger partial charge < -0.3 is 18.5 Å². The molecule has 4 heteroatoms. The van der Waals surface area contributed by atoms with E-state index in [-0.39, 0.29) is 0 Å². The maximum atomic E-state index is 6.48. The Kier molecular flexibility index (Phi) is 8.55. The fourth-order valence-corrected chi connectivity index (χ4v) is 10.8. The molecule has 0 aliphatic heterocycles. The molecule has 3 heterocycles. The number of para-hydroxylation sites is 6. The summed E-state index contributed by atoms with van der Waals surface area (Å²) in [5.74, 6) is 0. The van der Waals surface area contributed by atoms with Gasteiger partial charge in [0, 0.05) is 60.5 Å². The highest BCUT2D eigenvalue weighted by atomic mass is 16.3.